The first kappa shape index (κ1) is 22.3. The first-order chi connectivity index (χ1) is 13.7. The number of ether oxygens (including phenoxy) is 2. The van der Waals surface area contributed by atoms with Crippen LogP contribution in [0.2, 0.25) is 0 Å². The van der Waals surface area contributed by atoms with Crippen LogP contribution < -0.4 is 20.1 Å². The molecule has 0 aliphatic carbocycles. The maximum Gasteiger partial charge on any atom is 0.190 e. The average molecular weight is 392 g/mol. The molecule has 1 aromatic carbocycles. The van der Waals surface area contributed by atoms with Crippen LogP contribution in [0.4, 0.5) is 0 Å². The summed E-state index contributed by atoms with van der Waals surface area (Å²) in [5.74, 6) is 2.38. The van der Waals surface area contributed by atoms with Gasteiger partial charge in [0.05, 0.1) is 14.2 Å². The van der Waals surface area contributed by atoms with Crippen molar-refractivity contribution in [1.82, 2.24) is 20.4 Å². The van der Waals surface area contributed by atoms with E-state index >= 15 is 0 Å². The van der Waals surface area contributed by atoms with Crippen molar-refractivity contribution in [3.05, 3.63) is 23.8 Å². The molecule has 2 rings (SSSR count). The standard InChI is InChI=1S/C21H37N5O2/c1-22-21(23-10-5-13-26-14-6-12-25(2)15-16-26)24-11-9-18-7-8-19(27-3)20(17-18)28-4/h7-8,17H,5-6,9-16H2,1-4H3,(H2,22,23,24). The van der Waals surface area contributed by atoms with Gasteiger partial charge in [-0.05, 0) is 63.6 Å². The second-order valence-corrected chi connectivity index (χ2v) is 7.22. The monoisotopic (exact) mass is 391 g/mol. The van der Waals surface area contributed by atoms with E-state index in [0.717, 1.165) is 49.9 Å². The number of methoxy groups -OCH3 is 2. The number of rotatable bonds is 9. The van der Waals surface area contributed by atoms with Gasteiger partial charge in [-0.25, -0.2) is 0 Å². The van der Waals surface area contributed by atoms with Crippen LogP contribution in [0.5, 0.6) is 11.5 Å². The molecular formula is C21H37N5O2. The van der Waals surface area contributed by atoms with Crippen molar-refractivity contribution in [3.63, 3.8) is 0 Å². The Morgan fingerprint density at radius 3 is 2.57 bits per heavy atom. The molecule has 158 valence electrons. The van der Waals surface area contributed by atoms with E-state index in [2.05, 4.69) is 38.5 Å². The molecule has 2 N–H and O–H groups in total. The molecule has 7 nitrogen and oxygen atoms in total. The Kier molecular flexibility index (Phi) is 9.93. The number of likely N-dealkylation sites (N-methyl/N-ethyl adjacent to an activating group) is 1. The summed E-state index contributed by atoms with van der Waals surface area (Å²) in [5.41, 5.74) is 1.20. The molecule has 0 bridgehead atoms. The molecule has 28 heavy (non-hydrogen) atoms. The Morgan fingerprint density at radius 1 is 1.04 bits per heavy atom. The molecule has 0 radical (unpaired) electrons. The van der Waals surface area contributed by atoms with Gasteiger partial charge in [-0.3, -0.25) is 4.99 Å². The van der Waals surface area contributed by atoms with Gasteiger partial charge >= 0.3 is 0 Å². The summed E-state index contributed by atoms with van der Waals surface area (Å²) in [5, 5.41) is 6.80. The van der Waals surface area contributed by atoms with Crippen LogP contribution in [-0.4, -0.2) is 89.9 Å². The minimum absolute atomic E-state index is 0.757. The second-order valence-electron chi connectivity index (χ2n) is 7.22. The van der Waals surface area contributed by atoms with Crippen molar-refractivity contribution in [3.8, 4) is 11.5 Å². The minimum Gasteiger partial charge on any atom is -0.493 e. The molecule has 0 unspecified atom stereocenters. The summed E-state index contributed by atoms with van der Waals surface area (Å²) in [6.45, 7) is 7.66. The molecule has 0 saturated carbocycles. The molecular weight excluding hydrogens is 354 g/mol. The first-order valence-electron chi connectivity index (χ1n) is 10.2. The van der Waals surface area contributed by atoms with E-state index in [4.69, 9.17) is 9.47 Å². The Morgan fingerprint density at radius 2 is 1.82 bits per heavy atom. The van der Waals surface area contributed by atoms with E-state index in [1.165, 1.54) is 38.2 Å². The van der Waals surface area contributed by atoms with E-state index in [-0.39, 0.29) is 0 Å². The third-order valence-electron chi connectivity index (χ3n) is 5.13. The van der Waals surface area contributed by atoms with Crippen molar-refractivity contribution >= 4 is 5.96 Å². The number of hydrogen-bond donors (Lipinski definition) is 2. The van der Waals surface area contributed by atoms with E-state index in [9.17, 15) is 0 Å². The fraction of sp³-hybridized carbons (Fsp3) is 0.667. The largest absolute Gasteiger partial charge is 0.493 e. The van der Waals surface area contributed by atoms with Crippen molar-refractivity contribution < 1.29 is 9.47 Å². The van der Waals surface area contributed by atoms with Crippen LogP contribution in [-0.2, 0) is 6.42 Å². The van der Waals surface area contributed by atoms with Crippen LogP contribution in [0.15, 0.2) is 23.2 Å². The topological polar surface area (TPSA) is 61.4 Å². The number of nitrogens with one attached hydrogen (secondary N) is 2. The Bertz CT molecular complexity index is 608. The smallest absolute Gasteiger partial charge is 0.190 e. The predicted molar refractivity (Wildman–Crippen MR) is 116 cm³/mol. The van der Waals surface area contributed by atoms with E-state index in [1.54, 1.807) is 14.2 Å². The summed E-state index contributed by atoms with van der Waals surface area (Å²) in [7, 11) is 7.34. The van der Waals surface area contributed by atoms with Gasteiger partial charge in [-0.15, -0.1) is 0 Å². The zero-order chi connectivity index (χ0) is 20.2. The highest BCUT2D eigenvalue weighted by molar-refractivity contribution is 5.79. The third-order valence-corrected chi connectivity index (χ3v) is 5.13. The molecule has 1 aliphatic rings. The summed E-state index contributed by atoms with van der Waals surface area (Å²) < 4.78 is 10.7. The number of guanidine groups is 1. The van der Waals surface area contributed by atoms with Crippen molar-refractivity contribution in [2.75, 3.05) is 74.1 Å². The average Bonchev–Trinajstić information content (AvgIpc) is 2.93. The number of hydrogen-bond acceptors (Lipinski definition) is 5. The van der Waals surface area contributed by atoms with Gasteiger partial charge < -0.3 is 29.9 Å². The molecule has 1 heterocycles. The summed E-state index contributed by atoms with van der Waals surface area (Å²) in [6.07, 6.45) is 3.28. The number of benzene rings is 1. The maximum absolute atomic E-state index is 5.37. The lowest BCUT2D eigenvalue weighted by Gasteiger charge is -2.20. The van der Waals surface area contributed by atoms with Crippen molar-refractivity contribution in [2.45, 2.75) is 19.3 Å². The predicted octanol–water partition coefficient (Wildman–Crippen LogP) is 1.44. The second kappa shape index (κ2) is 12.5. The zero-order valence-corrected chi connectivity index (χ0v) is 18.0. The molecule has 1 saturated heterocycles. The molecule has 0 spiro atoms. The lowest BCUT2D eigenvalue weighted by atomic mass is 10.1. The molecule has 1 fully saturated rings. The highest BCUT2D eigenvalue weighted by Gasteiger charge is 2.11. The normalized spacial score (nSPS) is 16.5. The summed E-state index contributed by atoms with van der Waals surface area (Å²) in [4.78, 5) is 9.31. The highest BCUT2D eigenvalue weighted by atomic mass is 16.5. The Balaban J connectivity index is 1.65. The van der Waals surface area contributed by atoms with Crippen LogP contribution in [0.1, 0.15) is 18.4 Å². The molecule has 0 amide bonds. The molecule has 1 aromatic rings. The van der Waals surface area contributed by atoms with Gasteiger partial charge in [0.15, 0.2) is 17.5 Å². The minimum atomic E-state index is 0.757. The maximum atomic E-state index is 5.37. The quantitative estimate of drug-likeness (QED) is 0.377. The van der Waals surface area contributed by atoms with Gasteiger partial charge in [0.1, 0.15) is 0 Å². The molecule has 1 aliphatic heterocycles. The van der Waals surface area contributed by atoms with E-state index in [0.29, 0.717) is 0 Å². The van der Waals surface area contributed by atoms with Gasteiger partial charge in [0.25, 0.3) is 0 Å². The summed E-state index contributed by atoms with van der Waals surface area (Å²) >= 11 is 0. The fourth-order valence-corrected chi connectivity index (χ4v) is 3.42. The summed E-state index contributed by atoms with van der Waals surface area (Å²) in [6, 6.07) is 6.04. The van der Waals surface area contributed by atoms with Crippen LogP contribution >= 0.6 is 0 Å². The van der Waals surface area contributed by atoms with Crippen molar-refractivity contribution in [1.29, 1.82) is 0 Å². The van der Waals surface area contributed by atoms with Gasteiger partial charge in [-0.2, -0.15) is 0 Å². The lowest BCUT2D eigenvalue weighted by Crippen LogP contribution is -2.40. The first-order valence-corrected chi connectivity index (χ1v) is 10.2. The van der Waals surface area contributed by atoms with E-state index in [1.807, 2.05) is 19.2 Å². The molecule has 0 aromatic heterocycles. The third kappa shape index (κ3) is 7.56. The highest BCUT2D eigenvalue weighted by Crippen LogP contribution is 2.27. The SMILES string of the molecule is CN=C(NCCCN1CCCN(C)CC1)NCCc1ccc(OC)c(OC)c1. The Hall–Kier alpha value is -1.99. The van der Waals surface area contributed by atoms with Crippen LogP contribution in [0.25, 0.3) is 0 Å². The van der Waals surface area contributed by atoms with Gasteiger partial charge in [0.2, 0.25) is 0 Å². The fourth-order valence-electron chi connectivity index (χ4n) is 3.42. The van der Waals surface area contributed by atoms with E-state index < -0.39 is 0 Å². The van der Waals surface area contributed by atoms with Crippen molar-refractivity contribution in [2.24, 2.45) is 4.99 Å². The lowest BCUT2D eigenvalue weighted by molar-refractivity contribution is 0.274. The number of aliphatic imine (C=N–C) groups is 1. The van der Waals surface area contributed by atoms with Gasteiger partial charge in [-0.1, -0.05) is 6.07 Å². The zero-order valence-electron chi connectivity index (χ0n) is 18.0. The Labute approximate surface area is 170 Å². The number of nitrogens with zero attached hydrogens (tertiary/aromatic N) is 3. The van der Waals surface area contributed by atoms with Crippen LogP contribution in [0.3, 0.4) is 0 Å². The molecule has 7 heteroatoms. The van der Waals surface area contributed by atoms with Crippen LogP contribution in [0, 0.1) is 0 Å². The molecule has 0 atom stereocenters. The van der Waals surface area contributed by atoms with Gasteiger partial charge in [0, 0.05) is 33.2 Å².